The van der Waals surface area contributed by atoms with Gasteiger partial charge in [0.15, 0.2) is 0 Å². The zero-order valence-corrected chi connectivity index (χ0v) is 11.3. The van der Waals surface area contributed by atoms with Crippen molar-refractivity contribution in [2.24, 2.45) is 0 Å². The van der Waals surface area contributed by atoms with E-state index in [0.29, 0.717) is 11.3 Å². The third-order valence-corrected chi connectivity index (χ3v) is 3.80. The van der Waals surface area contributed by atoms with Crippen LogP contribution < -0.4 is 0 Å². The first-order valence-electron chi connectivity index (χ1n) is 5.85. The Hall–Kier alpha value is -2.27. The Balaban J connectivity index is 2.09. The van der Waals surface area contributed by atoms with Gasteiger partial charge in [-0.2, -0.15) is 0 Å². The molecule has 0 saturated carbocycles. The van der Waals surface area contributed by atoms with Crippen LogP contribution in [-0.2, 0) is 5.75 Å². The first-order chi connectivity index (χ1) is 9.58. The Morgan fingerprint density at radius 1 is 0.900 bits per heavy atom. The number of carbonyl (C=O) groups is 2. The molecule has 2 rings (SSSR count). The van der Waals surface area contributed by atoms with E-state index >= 15 is 0 Å². The van der Waals surface area contributed by atoms with Crippen LogP contribution in [0.15, 0.2) is 53.4 Å². The fourth-order valence-corrected chi connectivity index (χ4v) is 2.61. The molecule has 0 aromatic heterocycles. The summed E-state index contributed by atoms with van der Waals surface area (Å²) in [6.07, 6.45) is 0. The molecule has 102 valence electrons. The van der Waals surface area contributed by atoms with E-state index < -0.39 is 11.9 Å². The van der Waals surface area contributed by atoms with Crippen LogP contribution in [0.3, 0.4) is 0 Å². The number of thioether (sulfide) groups is 1. The molecule has 20 heavy (non-hydrogen) atoms. The lowest BCUT2D eigenvalue weighted by molar-refractivity contribution is 0.0685. The summed E-state index contributed by atoms with van der Waals surface area (Å²) in [7, 11) is 0. The van der Waals surface area contributed by atoms with Crippen molar-refractivity contribution in [1.82, 2.24) is 0 Å². The highest BCUT2D eigenvalue weighted by atomic mass is 32.2. The van der Waals surface area contributed by atoms with Gasteiger partial charge < -0.3 is 10.2 Å². The zero-order chi connectivity index (χ0) is 14.5. The van der Waals surface area contributed by atoms with Crippen LogP contribution in [0.1, 0.15) is 26.3 Å². The molecule has 0 aliphatic carbocycles. The maximum absolute atomic E-state index is 11.1. The molecule has 0 aliphatic rings. The molecule has 0 bridgehead atoms. The van der Waals surface area contributed by atoms with E-state index in [1.165, 1.54) is 23.9 Å². The van der Waals surface area contributed by atoms with Gasteiger partial charge in [-0.05, 0) is 35.9 Å². The quantitative estimate of drug-likeness (QED) is 0.825. The highest BCUT2D eigenvalue weighted by molar-refractivity contribution is 7.98. The minimum Gasteiger partial charge on any atom is -0.478 e. The van der Waals surface area contributed by atoms with Crippen LogP contribution in [0.5, 0.6) is 0 Å². The molecule has 0 amide bonds. The van der Waals surface area contributed by atoms with Crippen molar-refractivity contribution in [2.75, 3.05) is 0 Å². The average Bonchev–Trinajstić information content (AvgIpc) is 2.45. The summed E-state index contributed by atoms with van der Waals surface area (Å²) >= 11 is 1.47. The number of benzene rings is 2. The average molecular weight is 288 g/mol. The van der Waals surface area contributed by atoms with E-state index in [0.717, 1.165) is 10.5 Å². The summed E-state index contributed by atoms with van der Waals surface area (Å²) in [6, 6.07) is 13.4. The molecule has 0 radical (unpaired) electrons. The molecule has 4 nitrogen and oxygen atoms in total. The standard InChI is InChI=1S/C15H12O4S/c16-14(17)10-5-7-12(8-6-10)20-9-11-3-1-2-4-13(11)15(18)19/h1-8H,9H2,(H,16,17)(H,18,19). The molecule has 5 heteroatoms. The van der Waals surface area contributed by atoms with E-state index in [2.05, 4.69) is 0 Å². The number of hydrogen-bond donors (Lipinski definition) is 2. The Morgan fingerprint density at radius 3 is 2.15 bits per heavy atom. The van der Waals surface area contributed by atoms with Gasteiger partial charge in [0.05, 0.1) is 11.1 Å². The molecular formula is C15H12O4S. The topological polar surface area (TPSA) is 74.6 Å². The molecule has 0 spiro atoms. The molecule has 0 heterocycles. The molecule has 2 N–H and O–H groups in total. The Labute approximate surface area is 120 Å². The lowest BCUT2D eigenvalue weighted by Crippen LogP contribution is -2.00. The predicted molar refractivity (Wildman–Crippen MR) is 76.4 cm³/mol. The van der Waals surface area contributed by atoms with E-state index in [4.69, 9.17) is 10.2 Å². The Kier molecular flexibility index (Phi) is 4.42. The van der Waals surface area contributed by atoms with Crippen LogP contribution in [0.25, 0.3) is 0 Å². The summed E-state index contributed by atoms with van der Waals surface area (Å²) in [5.41, 5.74) is 1.27. The number of hydrogen-bond acceptors (Lipinski definition) is 3. The summed E-state index contributed by atoms with van der Waals surface area (Å²) in [4.78, 5) is 22.7. The fourth-order valence-electron chi connectivity index (χ4n) is 1.71. The molecular weight excluding hydrogens is 276 g/mol. The van der Waals surface area contributed by atoms with Crippen molar-refractivity contribution in [2.45, 2.75) is 10.6 Å². The van der Waals surface area contributed by atoms with Gasteiger partial charge >= 0.3 is 11.9 Å². The number of rotatable bonds is 5. The van der Waals surface area contributed by atoms with Crippen LogP contribution in [-0.4, -0.2) is 22.2 Å². The second-order valence-electron chi connectivity index (χ2n) is 4.08. The minimum atomic E-state index is -0.960. The van der Waals surface area contributed by atoms with Gasteiger partial charge in [0, 0.05) is 10.6 Å². The van der Waals surface area contributed by atoms with E-state index in [1.807, 2.05) is 0 Å². The summed E-state index contributed by atoms with van der Waals surface area (Å²) in [6.45, 7) is 0. The molecule has 0 saturated heterocycles. The largest absolute Gasteiger partial charge is 0.478 e. The van der Waals surface area contributed by atoms with Crippen molar-refractivity contribution >= 4 is 23.7 Å². The monoisotopic (exact) mass is 288 g/mol. The highest BCUT2D eigenvalue weighted by Gasteiger charge is 2.09. The van der Waals surface area contributed by atoms with Crippen molar-refractivity contribution in [3.8, 4) is 0 Å². The van der Waals surface area contributed by atoms with Crippen LogP contribution in [0, 0.1) is 0 Å². The summed E-state index contributed by atoms with van der Waals surface area (Å²) < 4.78 is 0. The second-order valence-corrected chi connectivity index (χ2v) is 5.13. The van der Waals surface area contributed by atoms with Gasteiger partial charge in [0.25, 0.3) is 0 Å². The SMILES string of the molecule is O=C(O)c1ccc(SCc2ccccc2C(=O)O)cc1. The lowest BCUT2D eigenvalue weighted by atomic mass is 10.1. The number of carboxylic acids is 2. The Bertz CT molecular complexity index is 635. The van der Waals surface area contributed by atoms with Crippen LogP contribution >= 0.6 is 11.8 Å². The number of aromatic carboxylic acids is 2. The number of carboxylic acid groups (broad SMARTS) is 2. The molecule has 0 atom stereocenters. The highest BCUT2D eigenvalue weighted by Crippen LogP contribution is 2.24. The van der Waals surface area contributed by atoms with Crippen molar-refractivity contribution in [1.29, 1.82) is 0 Å². The van der Waals surface area contributed by atoms with E-state index in [9.17, 15) is 9.59 Å². The normalized spacial score (nSPS) is 10.2. The first-order valence-corrected chi connectivity index (χ1v) is 6.84. The third kappa shape index (κ3) is 3.39. The smallest absolute Gasteiger partial charge is 0.335 e. The summed E-state index contributed by atoms with van der Waals surface area (Å²) in [5, 5.41) is 17.9. The minimum absolute atomic E-state index is 0.236. The fraction of sp³-hybridized carbons (Fsp3) is 0.0667. The third-order valence-electron chi connectivity index (χ3n) is 2.74. The lowest BCUT2D eigenvalue weighted by Gasteiger charge is -2.06. The van der Waals surface area contributed by atoms with E-state index in [1.54, 1.807) is 36.4 Å². The van der Waals surface area contributed by atoms with Crippen LogP contribution in [0.4, 0.5) is 0 Å². The Morgan fingerprint density at radius 2 is 1.55 bits per heavy atom. The predicted octanol–water partition coefficient (Wildman–Crippen LogP) is 3.38. The summed E-state index contributed by atoms with van der Waals surface area (Å²) in [5.74, 6) is -1.38. The maximum Gasteiger partial charge on any atom is 0.335 e. The zero-order valence-electron chi connectivity index (χ0n) is 10.4. The van der Waals surface area contributed by atoms with Crippen molar-refractivity contribution < 1.29 is 19.8 Å². The molecule has 0 aliphatic heterocycles. The van der Waals surface area contributed by atoms with Crippen LogP contribution in [0.2, 0.25) is 0 Å². The van der Waals surface area contributed by atoms with Gasteiger partial charge in [-0.3, -0.25) is 0 Å². The van der Waals surface area contributed by atoms with E-state index in [-0.39, 0.29) is 5.56 Å². The van der Waals surface area contributed by atoms with Crippen molar-refractivity contribution in [3.63, 3.8) is 0 Å². The maximum atomic E-state index is 11.1. The van der Waals surface area contributed by atoms with Gasteiger partial charge in [-0.15, -0.1) is 11.8 Å². The molecule has 0 fully saturated rings. The molecule has 2 aromatic carbocycles. The van der Waals surface area contributed by atoms with Crippen molar-refractivity contribution in [3.05, 3.63) is 65.2 Å². The van der Waals surface area contributed by atoms with Gasteiger partial charge in [-0.1, -0.05) is 18.2 Å². The molecule has 2 aromatic rings. The molecule has 0 unspecified atom stereocenters. The van der Waals surface area contributed by atoms with Gasteiger partial charge in [-0.25, -0.2) is 9.59 Å². The first kappa shape index (κ1) is 14.1. The van der Waals surface area contributed by atoms with Gasteiger partial charge in [0.1, 0.15) is 0 Å². The second kappa shape index (κ2) is 6.25. The van der Waals surface area contributed by atoms with Gasteiger partial charge in [0.2, 0.25) is 0 Å².